The molecule has 24 heavy (non-hydrogen) atoms. The van der Waals surface area contributed by atoms with E-state index >= 15 is 0 Å². The van der Waals surface area contributed by atoms with Gasteiger partial charge in [-0.15, -0.1) is 6.58 Å². The average molecular weight is 345 g/mol. The highest BCUT2D eigenvalue weighted by Crippen LogP contribution is 2.28. The van der Waals surface area contributed by atoms with Crippen molar-refractivity contribution in [3.63, 3.8) is 0 Å². The molecule has 0 spiro atoms. The lowest BCUT2D eigenvalue weighted by Gasteiger charge is -2.27. The molecule has 2 atom stereocenters. The van der Waals surface area contributed by atoms with Crippen molar-refractivity contribution < 1.29 is 4.74 Å². The maximum Gasteiger partial charge on any atom is 0.125 e. The zero-order valence-electron chi connectivity index (χ0n) is 14.4. The highest BCUT2D eigenvalue weighted by molar-refractivity contribution is 6.30. The van der Waals surface area contributed by atoms with Gasteiger partial charge in [-0.05, 0) is 56.8 Å². The molecule has 0 fully saturated rings. The second-order valence-corrected chi connectivity index (χ2v) is 6.51. The predicted octanol–water partition coefficient (Wildman–Crippen LogP) is 4.74. The molecule has 0 N–H and O–H groups in total. The summed E-state index contributed by atoms with van der Waals surface area (Å²) < 4.78 is 6.48. The molecular formula is C20H25ClN2O. The zero-order valence-corrected chi connectivity index (χ0v) is 15.1. The maximum atomic E-state index is 6.48. The third-order valence-electron chi connectivity index (χ3n) is 3.72. The SMILES string of the molecule is C=CCCC(CN(C)C)OC(c1ccc(Cl)cc1)c1ccccn1. The third-order valence-corrected chi connectivity index (χ3v) is 3.97. The Morgan fingerprint density at radius 2 is 1.96 bits per heavy atom. The van der Waals surface area contributed by atoms with Gasteiger partial charge in [-0.25, -0.2) is 0 Å². The van der Waals surface area contributed by atoms with Crippen molar-refractivity contribution >= 4 is 11.6 Å². The number of halogens is 1. The molecule has 2 aromatic rings. The van der Waals surface area contributed by atoms with Gasteiger partial charge in [0, 0.05) is 17.8 Å². The van der Waals surface area contributed by atoms with Crippen molar-refractivity contribution in [2.24, 2.45) is 0 Å². The summed E-state index contributed by atoms with van der Waals surface area (Å²) in [5.41, 5.74) is 1.96. The molecule has 0 saturated carbocycles. The van der Waals surface area contributed by atoms with E-state index in [1.807, 2.05) is 48.5 Å². The smallest absolute Gasteiger partial charge is 0.125 e. The second-order valence-electron chi connectivity index (χ2n) is 6.07. The number of aromatic nitrogens is 1. The predicted molar refractivity (Wildman–Crippen MR) is 100 cm³/mol. The van der Waals surface area contributed by atoms with Gasteiger partial charge in [0.1, 0.15) is 6.10 Å². The van der Waals surface area contributed by atoms with Crippen LogP contribution in [0.3, 0.4) is 0 Å². The Hall–Kier alpha value is -1.68. The van der Waals surface area contributed by atoms with Gasteiger partial charge in [0.25, 0.3) is 0 Å². The Morgan fingerprint density at radius 1 is 1.21 bits per heavy atom. The van der Waals surface area contributed by atoms with E-state index in [1.54, 1.807) is 6.20 Å². The Morgan fingerprint density at radius 3 is 2.54 bits per heavy atom. The van der Waals surface area contributed by atoms with Crippen LogP contribution >= 0.6 is 11.6 Å². The van der Waals surface area contributed by atoms with Crippen LogP contribution in [0.2, 0.25) is 5.02 Å². The summed E-state index contributed by atoms with van der Waals surface area (Å²) in [6, 6.07) is 13.7. The van der Waals surface area contributed by atoms with Crippen LogP contribution in [0.25, 0.3) is 0 Å². The van der Waals surface area contributed by atoms with Crippen LogP contribution < -0.4 is 0 Å². The van der Waals surface area contributed by atoms with E-state index in [4.69, 9.17) is 16.3 Å². The Kier molecular flexibility index (Phi) is 7.44. The van der Waals surface area contributed by atoms with Crippen LogP contribution in [0.1, 0.15) is 30.2 Å². The molecule has 0 radical (unpaired) electrons. The van der Waals surface area contributed by atoms with Crippen molar-refractivity contribution in [2.75, 3.05) is 20.6 Å². The average Bonchev–Trinajstić information content (AvgIpc) is 2.58. The van der Waals surface area contributed by atoms with Gasteiger partial charge >= 0.3 is 0 Å². The molecule has 0 saturated heterocycles. The Bertz CT molecular complexity index is 613. The highest BCUT2D eigenvalue weighted by atomic mass is 35.5. The summed E-state index contributed by atoms with van der Waals surface area (Å²) in [5, 5.41) is 0.718. The van der Waals surface area contributed by atoms with Gasteiger partial charge < -0.3 is 9.64 Å². The normalized spacial score (nSPS) is 13.7. The lowest BCUT2D eigenvalue weighted by Crippen LogP contribution is -2.30. The fourth-order valence-electron chi connectivity index (χ4n) is 2.59. The number of hydrogen-bond acceptors (Lipinski definition) is 3. The number of allylic oxidation sites excluding steroid dienone is 1. The first kappa shape index (κ1) is 18.7. The molecule has 3 nitrogen and oxygen atoms in total. The summed E-state index contributed by atoms with van der Waals surface area (Å²) in [6.45, 7) is 4.67. The van der Waals surface area contributed by atoms with E-state index in [9.17, 15) is 0 Å². The monoisotopic (exact) mass is 344 g/mol. The van der Waals surface area contributed by atoms with Gasteiger partial charge in [-0.1, -0.05) is 35.9 Å². The fraction of sp³-hybridized carbons (Fsp3) is 0.350. The molecule has 2 rings (SSSR count). The van der Waals surface area contributed by atoms with Crippen LogP contribution in [0.4, 0.5) is 0 Å². The van der Waals surface area contributed by atoms with Gasteiger partial charge in [0.2, 0.25) is 0 Å². The molecule has 0 aliphatic rings. The number of ether oxygens (including phenoxy) is 1. The van der Waals surface area contributed by atoms with Crippen molar-refractivity contribution in [1.82, 2.24) is 9.88 Å². The topological polar surface area (TPSA) is 25.4 Å². The summed E-state index contributed by atoms with van der Waals surface area (Å²) >= 11 is 6.03. The fourth-order valence-corrected chi connectivity index (χ4v) is 2.72. The third kappa shape index (κ3) is 5.75. The molecular weight excluding hydrogens is 320 g/mol. The minimum atomic E-state index is -0.210. The zero-order chi connectivity index (χ0) is 17.4. The molecule has 0 aliphatic carbocycles. The number of nitrogens with zero attached hydrogens (tertiary/aromatic N) is 2. The van der Waals surface area contributed by atoms with E-state index in [0.717, 1.165) is 35.7 Å². The molecule has 1 aromatic heterocycles. The summed E-state index contributed by atoms with van der Waals surface area (Å²) in [6.07, 6.45) is 5.47. The molecule has 1 aromatic carbocycles. The van der Waals surface area contributed by atoms with Gasteiger partial charge in [0.05, 0.1) is 11.8 Å². The van der Waals surface area contributed by atoms with Crippen molar-refractivity contribution in [3.05, 3.63) is 77.6 Å². The van der Waals surface area contributed by atoms with Crippen molar-refractivity contribution in [1.29, 1.82) is 0 Å². The van der Waals surface area contributed by atoms with E-state index in [0.29, 0.717) is 0 Å². The number of rotatable bonds is 9. The number of benzene rings is 1. The first-order valence-electron chi connectivity index (χ1n) is 8.17. The molecule has 4 heteroatoms. The largest absolute Gasteiger partial charge is 0.363 e. The van der Waals surface area contributed by atoms with Crippen molar-refractivity contribution in [3.8, 4) is 0 Å². The van der Waals surface area contributed by atoms with E-state index < -0.39 is 0 Å². The number of pyridine rings is 1. The quantitative estimate of drug-likeness (QED) is 0.614. The lowest BCUT2D eigenvalue weighted by molar-refractivity contribution is -0.0106. The number of likely N-dealkylation sites (N-methyl/N-ethyl adjacent to an activating group) is 1. The Labute approximate surface area is 149 Å². The minimum Gasteiger partial charge on any atom is -0.363 e. The van der Waals surface area contributed by atoms with Crippen LogP contribution in [-0.2, 0) is 4.74 Å². The highest BCUT2D eigenvalue weighted by Gasteiger charge is 2.21. The van der Waals surface area contributed by atoms with Gasteiger partial charge in [-0.3, -0.25) is 4.98 Å². The van der Waals surface area contributed by atoms with E-state index in [-0.39, 0.29) is 12.2 Å². The molecule has 0 amide bonds. The maximum absolute atomic E-state index is 6.48. The van der Waals surface area contributed by atoms with Crippen LogP contribution in [0.5, 0.6) is 0 Å². The number of hydrogen-bond donors (Lipinski definition) is 0. The molecule has 2 unspecified atom stereocenters. The van der Waals surface area contributed by atoms with Crippen LogP contribution in [0, 0.1) is 0 Å². The Balaban J connectivity index is 2.27. The van der Waals surface area contributed by atoms with E-state index in [2.05, 4.69) is 30.6 Å². The first-order valence-corrected chi connectivity index (χ1v) is 8.55. The molecule has 1 heterocycles. The second kappa shape index (κ2) is 9.58. The standard InChI is InChI=1S/C20H25ClN2O/c1-4-5-8-18(15-23(2)3)24-20(19-9-6-7-14-22-19)16-10-12-17(21)13-11-16/h4,6-7,9-14,18,20H,1,5,8,15H2,2-3H3. The van der Waals surface area contributed by atoms with Crippen molar-refractivity contribution in [2.45, 2.75) is 25.0 Å². The minimum absolute atomic E-state index is 0.0979. The lowest BCUT2D eigenvalue weighted by atomic mass is 10.0. The van der Waals surface area contributed by atoms with Gasteiger partial charge in [0.15, 0.2) is 0 Å². The summed E-state index contributed by atoms with van der Waals surface area (Å²) in [4.78, 5) is 6.64. The summed E-state index contributed by atoms with van der Waals surface area (Å²) in [5.74, 6) is 0. The summed E-state index contributed by atoms with van der Waals surface area (Å²) in [7, 11) is 4.12. The molecule has 128 valence electrons. The molecule has 0 aliphatic heterocycles. The van der Waals surface area contributed by atoms with Gasteiger partial charge in [-0.2, -0.15) is 0 Å². The van der Waals surface area contributed by atoms with E-state index in [1.165, 1.54) is 0 Å². The first-order chi connectivity index (χ1) is 11.6. The van der Waals surface area contributed by atoms with Crippen LogP contribution in [-0.4, -0.2) is 36.6 Å². The molecule has 0 bridgehead atoms. The van der Waals surface area contributed by atoms with Crippen LogP contribution in [0.15, 0.2) is 61.3 Å².